The van der Waals surface area contributed by atoms with Gasteiger partial charge in [0.15, 0.2) is 5.96 Å². The Morgan fingerprint density at radius 2 is 1.82 bits per heavy atom. The number of thiophene rings is 1. The first kappa shape index (κ1) is 24.9. The summed E-state index contributed by atoms with van der Waals surface area (Å²) in [6.45, 7) is 5.70. The van der Waals surface area contributed by atoms with E-state index in [1.165, 1.54) is 17.2 Å². The van der Waals surface area contributed by atoms with Gasteiger partial charge in [-0.15, -0.1) is 35.3 Å². The first-order valence-electron chi connectivity index (χ1n) is 8.94. The number of hydrogen-bond donors (Lipinski definition) is 3. The van der Waals surface area contributed by atoms with E-state index in [4.69, 9.17) is 5.14 Å². The Morgan fingerprint density at radius 1 is 1.14 bits per heavy atom. The minimum absolute atomic E-state index is 0. The van der Waals surface area contributed by atoms with Crippen LogP contribution in [-0.2, 0) is 23.0 Å². The molecule has 1 heterocycles. The maximum Gasteiger partial charge on any atom is 0.247 e. The molecule has 0 atom stereocenters. The van der Waals surface area contributed by atoms with Gasteiger partial charge in [-0.3, -0.25) is 4.99 Å². The van der Waals surface area contributed by atoms with E-state index in [0.29, 0.717) is 18.4 Å². The van der Waals surface area contributed by atoms with Crippen molar-refractivity contribution in [1.82, 2.24) is 10.6 Å². The number of nitrogens with one attached hydrogen (secondary N) is 2. The topological polar surface area (TPSA) is 96.6 Å². The van der Waals surface area contributed by atoms with Gasteiger partial charge in [0.1, 0.15) is 4.21 Å². The highest BCUT2D eigenvalue weighted by Gasteiger charge is 2.11. The largest absolute Gasteiger partial charge is 0.356 e. The molecule has 0 spiro atoms. The monoisotopic (exact) mass is 536 g/mol. The normalized spacial score (nSPS) is 12.0. The Bertz CT molecular complexity index is 862. The number of rotatable bonds is 8. The van der Waals surface area contributed by atoms with Gasteiger partial charge in [0.2, 0.25) is 10.0 Å². The zero-order chi connectivity index (χ0) is 19.9. The van der Waals surface area contributed by atoms with Crippen LogP contribution in [0.2, 0.25) is 0 Å². The van der Waals surface area contributed by atoms with E-state index in [1.807, 2.05) is 0 Å². The maximum absolute atomic E-state index is 11.3. The van der Waals surface area contributed by atoms with Crippen LogP contribution in [0.1, 0.15) is 42.2 Å². The number of aryl methyl sites for hydroxylation is 1. The molecule has 28 heavy (non-hydrogen) atoms. The van der Waals surface area contributed by atoms with Gasteiger partial charge in [0, 0.05) is 18.5 Å². The molecule has 1 aromatic heterocycles. The molecule has 9 heteroatoms. The lowest BCUT2D eigenvalue weighted by Crippen LogP contribution is -2.37. The molecule has 1 aromatic carbocycles. The summed E-state index contributed by atoms with van der Waals surface area (Å²) >= 11 is 1.16. The molecule has 4 N–H and O–H groups in total. The van der Waals surface area contributed by atoms with Gasteiger partial charge in [-0.05, 0) is 42.0 Å². The second-order valence-electron chi connectivity index (χ2n) is 6.62. The summed E-state index contributed by atoms with van der Waals surface area (Å²) in [7, 11) is -1.92. The third-order valence-electron chi connectivity index (χ3n) is 4.15. The molecule has 0 unspecified atom stereocenters. The number of sulfonamides is 1. The Balaban J connectivity index is 0.00000392. The summed E-state index contributed by atoms with van der Waals surface area (Å²) in [6, 6.07) is 12.1. The molecule has 0 aliphatic carbocycles. The Morgan fingerprint density at radius 3 is 2.36 bits per heavy atom. The van der Waals surface area contributed by atoms with Crippen molar-refractivity contribution in [2.75, 3.05) is 13.6 Å². The summed E-state index contributed by atoms with van der Waals surface area (Å²) in [4.78, 5) is 5.07. The van der Waals surface area contributed by atoms with E-state index in [1.54, 1.807) is 13.1 Å². The van der Waals surface area contributed by atoms with Crippen LogP contribution in [0.3, 0.4) is 0 Å². The Labute approximate surface area is 189 Å². The first-order chi connectivity index (χ1) is 12.8. The molecule has 2 aromatic rings. The van der Waals surface area contributed by atoms with Crippen molar-refractivity contribution < 1.29 is 8.42 Å². The summed E-state index contributed by atoms with van der Waals surface area (Å²) < 4.78 is 22.8. The van der Waals surface area contributed by atoms with Gasteiger partial charge in [-0.25, -0.2) is 13.6 Å². The zero-order valence-corrected chi connectivity index (χ0v) is 20.4. The van der Waals surface area contributed by atoms with Crippen LogP contribution in [0.25, 0.3) is 0 Å². The molecule has 2 rings (SSSR count). The molecule has 0 amide bonds. The van der Waals surface area contributed by atoms with Crippen molar-refractivity contribution in [2.24, 2.45) is 10.1 Å². The number of nitrogens with two attached hydrogens (primary N) is 1. The summed E-state index contributed by atoms with van der Waals surface area (Å²) in [5.41, 5.74) is 2.69. The van der Waals surface area contributed by atoms with Gasteiger partial charge in [-0.1, -0.05) is 38.1 Å². The number of hydrogen-bond acceptors (Lipinski definition) is 4. The summed E-state index contributed by atoms with van der Waals surface area (Å²) in [5.74, 6) is 1.25. The van der Waals surface area contributed by atoms with Crippen molar-refractivity contribution in [2.45, 2.75) is 43.4 Å². The number of aliphatic imine (C=N–C) groups is 1. The van der Waals surface area contributed by atoms with Crippen molar-refractivity contribution in [1.29, 1.82) is 0 Å². The molecule has 156 valence electrons. The highest BCUT2D eigenvalue weighted by atomic mass is 127. The summed E-state index contributed by atoms with van der Waals surface area (Å²) in [5, 5.41) is 11.6. The molecule has 0 aliphatic rings. The molecular weight excluding hydrogens is 507 g/mol. The Hall–Kier alpha value is -1.17. The fourth-order valence-corrected chi connectivity index (χ4v) is 4.28. The van der Waals surface area contributed by atoms with Crippen LogP contribution in [0.15, 0.2) is 45.6 Å². The van der Waals surface area contributed by atoms with Gasteiger partial charge in [0.25, 0.3) is 0 Å². The number of halogens is 1. The van der Waals surface area contributed by atoms with Crippen LogP contribution < -0.4 is 15.8 Å². The highest BCUT2D eigenvalue weighted by molar-refractivity contribution is 14.0. The smallest absolute Gasteiger partial charge is 0.247 e. The predicted molar refractivity (Wildman–Crippen MR) is 128 cm³/mol. The second-order valence-corrected chi connectivity index (χ2v) is 9.57. The summed E-state index contributed by atoms with van der Waals surface area (Å²) in [6.07, 6.45) is 2.00. The highest BCUT2D eigenvalue weighted by Crippen LogP contribution is 2.20. The second kappa shape index (κ2) is 11.7. The van der Waals surface area contributed by atoms with Crippen molar-refractivity contribution in [3.05, 3.63) is 52.4 Å². The van der Waals surface area contributed by atoms with Crippen LogP contribution >= 0.6 is 35.3 Å². The minimum Gasteiger partial charge on any atom is -0.356 e. The molecule has 0 bridgehead atoms. The molecule has 0 aliphatic heterocycles. The zero-order valence-electron chi connectivity index (χ0n) is 16.4. The average Bonchev–Trinajstić information content (AvgIpc) is 3.11. The number of primary sulfonamides is 1. The van der Waals surface area contributed by atoms with E-state index in [-0.39, 0.29) is 28.2 Å². The fraction of sp³-hybridized carbons (Fsp3) is 0.421. The first-order valence-corrected chi connectivity index (χ1v) is 11.3. The standard InChI is InChI=1S/C19H28N4O2S2.HI/c1-14(2)16-8-6-15(7-9-16)5-4-12-22-19(21-3)23-13-17-10-11-18(26-17)27(20,24)25;/h6-11,14H,4-5,12-13H2,1-3H3,(H2,20,24,25)(H2,21,22,23);1H. The van der Waals surface area contributed by atoms with Crippen molar-refractivity contribution in [3.63, 3.8) is 0 Å². The van der Waals surface area contributed by atoms with E-state index in [0.717, 1.165) is 35.6 Å². The van der Waals surface area contributed by atoms with Crippen LogP contribution in [-0.4, -0.2) is 28.0 Å². The number of guanidine groups is 1. The molecule has 6 nitrogen and oxygen atoms in total. The van der Waals surface area contributed by atoms with Gasteiger partial charge in [-0.2, -0.15) is 0 Å². The van der Waals surface area contributed by atoms with E-state index in [2.05, 4.69) is 53.7 Å². The number of nitrogens with zero attached hydrogens (tertiary/aromatic N) is 1. The molecular formula is C19H29IN4O2S2. The Kier molecular flexibility index (Phi) is 10.4. The maximum atomic E-state index is 11.3. The average molecular weight is 537 g/mol. The van der Waals surface area contributed by atoms with E-state index >= 15 is 0 Å². The van der Waals surface area contributed by atoms with Gasteiger partial charge >= 0.3 is 0 Å². The van der Waals surface area contributed by atoms with Crippen LogP contribution in [0.5, 0.6) is 0 Å². The third kappa shape index (κ3) is 8.06. The third-order valence-corrected chi connectivity index (χ3v) is 6.68. The van der Waals surface area contributed by atoms with Gasteiger partial charge in [0.05, 0.1) is 6.54 Å². The lowest BCUT2D eigenvalue weighted by atomic mass is 10.0. The SMILES string of the molecule is CN=C(NCCCc1ccc(C(C)C)cc1)NCc1ccc(S(N)(=O)=O)s1.I. The van der Waals surface area contributed by atoms with Gasteiger partial charge < -0.3 is 10.6 Å². The molecule has 0 radical (unpaired) electrons. The van der Waals surface area contributed by atoms with Crippen molar-refractivity contribution in [3.8, 4) is 0 Å². The molecule has 0 saturated heterocycles. The van der Waals surface area contributed by atoms with E-state index < -0.39 is 10.0 Å². The lowest BCUT2D eigenvalue weighted by Gasteiger charge is -2.11. The molecule has 0 fully saturated rings. The predicted octanol–water partition coefficient (Wildman–Crippen LogP) is 3.43. The van der Waals surface area contributed by atoms with Crippen molar-refractivity contribution >= 4 is 51.3 Å². The quantitative estimate of drug-likeness (QED) is 0.209. The van der Waals surface area contributed by atoms with Crippen LogP contribution in [0.4, 0.5) is 0 Å². The van der Waals surface area contributed by atoms with Crippen LogP contribution in [0, 0.1) is 0 Å². The fourth-order valence-electron chi connectivity index (χ4n) is 2.57. The van der Waals surface area contributed by atoms with E-state index in [9.17, 15) is 8.42 Å². The minimum atomic E-state index is -3.63. The number of benzene rings is 1. The lowest BCUT2D eigenvalue weighted by molar-refractivity contribution is 0.600. The molecule has 0 saturated carbocycles.